The number of amides is 2. The van der Waals surface area contributed by atoms with Gasteiger partial charge in [0.1, 0.15) is 6.04 Å². The highest BCUT2D eigenvalue weighted by Gasteiger charge is 2.16. The highest BCUT2D eigenvalue weighted by molar-refractivity contribution is 5.92. The Hall–Kier alpha value is -3.93. The van der Waals surface area contributed by atoms with Crippen molar-refractivity contribution in [2.24, 2.45) is 0 Å². The Labute approximate surface area is 180 Å². The van der Waals surface area contributed by atoms with Crippen LogP contribution >= 0.6 is 0 Å². The number of fused-ring (bicyclic) bond motifs is 1. The van der Waals surface area contributed by atoms with E-state index in [2.05, 4.69) is 15.7 Å². The van der Waals surface area contributed by atoms with E-state index >= 15 is 0 Å². The van der Waals surface area contributed by atoms with Gasteiger partial charge in [0, 0.05) is 18.3 Å². The first-order chi connectivity index (χ1) is 15.1. The number of carbonyl (C=O) groups excluding carboxylic acids is 2. The number of benzene rings is 3. The van der Waals surface area contributed by atoms with Gasteiger partial charge < -0.3 is 10.6 Å². The van der Waals surface area contributed by atoms with Gasteiger partial charge in [-0.15, -0.1) is 0 Å². The van der Waals surface area contributed by atoms with Gasteiger partial charge in [-0.25, -0.2) is 4.68 Å². The minimum Gasteiger partial charge on any atom is -0.350 e. The second-order valence-corrected chi connectivity index (χ2v) is 7.45. The Morgan fingerprint density at radius 2 is 1.71 bits per heavy atom. The average molecular weight is 412 g/mol. The summed E-state index contributed by atoms with van der Waals surface area (Å²) in [4.78, 5) is 24.9. The van der Waals surface area contributed by atoms with E-state index in [-0.39, 0.29) is 18.2 Å². The lowest BCUT2D eigenvalue weighted by Gasteiger charge is -2.14. The number of carbonyl (C=O) groups is 2. The van der Waals surface area contributed by atoms with E-state index in [9.17, 15) is 9.59 Å². The second-order valence-electron chi connectivity index (χ2n) is 7.45. The number of hydrogen-bond acceptors (Lipinski definition) is 3. The topological polar surface area (TPSA) is 76.0 Å². The molecular formula is C25H24N4O2. The molecule has 0 fully saturated rings. The maximum Gasteiger partial charge on any atom is 0.242 e. The van der Waals surface area contributed by atoms with Gasteiger partial charge in [0.15, 0.2) is 0 Å². The highest BCUT2D eigenvalue weighted by atomic mass is 16.2. The van der Waals surface area contributed by atoms with E-state index in [0.29, 0.717) is 6.54 Å². The molecule has 0 unspecified atom stereocenters. The normalized spacial score (nSPS) is 11.8. The molecule has 1 atom stereocenters. The predicted molar refractivity (Wildman–Crippen MR) is 121 cm³/mol. The van der Waals surface area contributed by atoms with Crippen LogP contribution in [0.5, 0.6) is 0 Å². The van der Waals surface area contributed by atoms with Gasteiger partial charge in [0.2, 0.25) is 11.8 Å². The first-order valence-electron chi connectivity index (χ1n) is 10.2. The van der Waals surface area contributed by atoms with Crippen LogP contribution in [-0.2, 0) is 22.6 Å². The van der Waals surface area contributed by atoms with E-state index in [1.165, 1.54) is 0 Å². The third-order valence-corrected chi connectivity index (χ3v) is 5.13. The number of nitrogens with one attached hydrogen (secondary N) is 2. The molecule has 0 saturated heterocycles. The fraction of sp³-hybridized carbons (Fsp3) is 0.160. The van der Waals surface area contributed by atoms with Crippen molar-refractivity contribution in [3.8, 4) is 5.69 Å². The lowest BCUT2D eigenvalue weighted by molar-refractivity contribution is -0.128. The maximum atomic E-state index is 12.5. The molecule has 3 aromatic carbocycles. The molecule has 0 spiro atoms. The largest absolute Gasteiger partial charge is 0.350 e. The van der Waals surface area contributed by atoms with Crippen molar-refractivity contribution in [2.75, 3.05) is 0 Å². The Bertz CT molecular complexity index is 1200. The van der Waals surface area contributed by atoms with Crippen LogP contribution in [0.25, 0.3) is 16.5 Å². The van der Waals surface area contributed by atoms with E-state index in [1.54, 1.807) is 17.8 Å². The van der Waals surface area contributed by atoms with Crippen molar-refractivity contribution in [3.05, 3.63) is 96.3 Å². The quantitative estimate of drug-likeness (QED) is 0.489. The minimum atomic E-state index is -0.633. The van der Waals surface area contributed by atoms with Crippen molar-refractivity contribution >= 4 is 22.6 Å². The summed E-state index contributed by atoms with van der Waals surface area (Å²) < 4.78 is 1.76. The molecule has 2 amide bonds. The summed E-state index contributed by atoms with van der Waals surface area (Å²) in [6, 6.07) is 23.0. The van der Waals surface area contributed by atoms with Gasteiger partial charge in [-0.1, -0.05) is 60.7 Å². The molecule has 6 heteroatoms. The van der Waals surface area contributed by atoms with Crippen molar-refractivity contribution in [1.82, 2.24) is 20.4 Å². The maximum absolute atomic E-state index is 12.5. The van der Waals surface area contributed by atoms with Crippen LogP contribution in [0, 0.1) is 0 Å². The third-order valence-electron chi connectivity index (χ3n) is 5.13. The molecule has 6 nitrogen and oxygen atoms in total. The van der Waals surface area contributed by atoms with Crippen molar-refractivity contribution < 1.29 is 9.59 Å². The van der Waals surface area contributed by atoms with Gasteiger partial charge in [-0.3, -0.25) is 9.59 Å². The van der Waals surface area contributed by atoms with E-state index in [4.69, 9.17) is 0 Å². The average Bonchev–Trinajstić information content (AvgIpc) is 3.27. The summed E-state index contributed by atoms with van der Waals surface area (Å²) in [6.07, 6.45) is 3.82. The molecule has 0 aliphatic carbocycles. The smallest absolute Gasteiger partial charge is 0.242 e. The van der Waals surface area contributed by atoms with Crippen LogP contribution in [0.15, 0.2) is 85.2 Å². The van der Waals surface area contributed by atoms with Crippen LogP contribution in [0.1, 0.15) is 18.1 Å². The first kappa shape index (κ1) is 20.3. The molecule has 31 heavy (non-hydrogen) atoms. The van der Waals surface area contributed by atoms with Gasteiger partial charge in [0.25, 0.3) is 0 Å². The summed E-state index contributed by atoms with van der Waals surface area (Å²) in [5.41, 5.74) is 2.78. The molecule has 4 rings (SSSR count). The number of aromatic nitrogens is 2. The summed E-state index contributed by atoms with van der Waals surface area (Å²) in [5.74, 6) is -0.422. The summed E-state index contributed by atoms with van der Waals surface area (Å²) in [5, 5.41) is 12.1. The van der Waals surface area contributed by atoms with Crippen LogP contribution in [0.4, 0.5) is 0 Å². The second kappa shape index (κ2) is 9.26. The zero-order chi connectivity index (χ0) is 21.6. The molecule has 156 valence electrons. The molecule has 0 bridgehead atoms. The fourth-order valence-corrected chi connectivity index (χ4v) is 3.49. The number of rotatable bonds is 7. The van der Waals surface area contributed by atoms with E-state index in [1.807, 2.05) is 79.0 Å². The van der Waals surface area contributed by atoms with Crippen molar-refractivity contribution in [2.45, 2.75) is 25.9 Å². The van der Waals surface area contributed by atoms with Crippen LogP contribution in [-0.4, -0.2) is 27.6 Å². The molecule has 2 N–H and O–H groups in total. The minimum absolute atomic E-state index is 0.184. The van der Waals surface area contributed by atoms with Gasteiger partial charge in [-0.2, -0.15) is 5.10 Å². The molecule has 0 saturated carbocycles. The van der Waals surface area contributed by atoms with Crippen LogP contribution < -0.4 is 10.6 Å². The molecule has 0 aliphatic rings. The Morgan fingerprint density at radius 3 is 2.55 bits per heavy atom. The molecular weight excluding hydrogens is 388 g/mol. The zero-order valence-electron chi connectivity index (χ0n) is 17.3. The van der Waals surface area contributed by atoms with E-state index < -0.39 is 6.04 Å². The Kier molecular flexibility index (Phi) is 6.08. The summed E-state index contributed by atoms with van der Waals surface area (Å²) in [7, 11) is 0. The molecule has 0 radical (unpaired) electrons. The fourth-order valence-electron chi connectivity index (χ4n) is 3.49. The summed E-state index contributed by atoms with van der Waals surface area (Å²) >= 11 is 0. The predicted octanol–water partition coefficient (Wildman–Crippen LogP) is 3.39. The van der Waals surface area contributed by atoms with Crippen molar-refractivity contribution in [1.29, 1.82) is 0 Å². The Balaban J connectivity index is 1.30. The lowest BCUT2D eigenvalue weighted by atomic mass is 10.0. The standard InChI is InChI=1S/C25H24N4O2/c1-18(28-24(30)14-21-10-7-9-20-8-5-6-13-23(20)21)25(31)26-15-19-16-27-29(17-19)22-11-3-2-4-12-22/h2-13,16-18H,14-15H2,1H3,(H,26,31)(H,28,30)/t18-/m1/s1. The van der Waals surface area contributed by atoms with E-state index in [0.717, 1.165) is 27.6 Å². The van der Waals surface area contributed by atoms with Crippen molar-refractivity contribution in [3.63, 3.8) is 0 Å². The zero-order valence-corrected chi connectivity index (χ0v) is 17.3. The first-order valence-corrected chi connectivity index (χ1v) is 10.2. The number of nitrogens with zero attached hydrogens (tertiary/aromatic N) is 2. The molecule has 1 aromatic heterocycles. The van der Waals surface area contributed by atoms with Gasteiger partial charge >= 0.3 is 0 Å². The lowest BCUT2D eigenvalue weighted by Crippen LogP contribution is -2.45. The molecule has 1 heterocycles. The SMILES string of the molecule is C[C@@H](NC(=O)Cc1cccc2ccccc12)C(=O)NCc1cnn(-c2ccccc2)c1. The number of hydrogen-bond donors (Lipinski definition) is 2. The monoisotopic (exact) mass is 412 g/mol. The number of para-hydroxylation sites is 1. The third kappa shape index (κ3) is 4.98. The van der Waals surface area contributed by atoms with Gasteiger partial charge in [0.05, 0.1) is 18.3 Å². The summed E-state index contributed by atoms with van der Waals surface area (Å²) in [6.45, 7) is 2.03. The molecule has 4 aromatic rings. The van der Waals surface area contributed by atoms with Gasteiger partial charge in [-0.05, 0) is 35.4 Å². The Morgan fingerprint density at radius 1 is 0.968 bits per heavy atom. The van der Waals surface area contributed by atoms with Crippen LogP contribution in [0.3, 0.4) is 0 Å². The molecule has 0 aliphatic heterocycles. The van der Waals surface area contributed by atoms with Crippen LogP contribution in [0.2, 0.25) is 0 Å². The highest BCUT2D eigenvalue weighted by Crippen LogP contribution is 2.18.